The highest BCUT2D eigenvalue weighted by Crippen LogP contribution is 2.29. The van der Waals surface area contributed by atoms with Gasteiger partial charge in [-0.1, -0.05) is 31.0 Å². The van der Waals surface area contributed by atoms with Crippen LogP contribution in [0.2, 0.25) is 5.22 Å². The average molecular weight is 294 g/mol. The largest absolute Gasteiger partial charge is 0.444 e. The predicted octanol–water partition coefficient (Wildman–Crippen LogP) is 3.73. The van der Waals surface area contributed by atoms with Gasteiger partial charge in [0.25, 0.3) is 0 Å². The van der Waals surface area contributed by atoms with Crippen molar-refractivity contribution in [2.24, 2.45) is 5.92 Å². The Bertz CT molecular complexity index is 581. The fourth-order valence-corrected chi connectivity index (χ4v) is 3.29. The molecule has 1 aliphatic carbocycles. The minimum Gasteiger partial charge on any atom is -0.444 e. The summed E-state index contributed by atoms with van der Waals surface area (Å²) in [6.07, 6.45) is 4.25. The van der Waals surface area contributed by atoms with Crippen LogP contribution in [0.3, 0.4) is 0 Å². The lowest BCUT2D eigenvalue weighted by molar-refractivity contribution is 0.0695. The van der Waals surface area contributed by atoms with Gasteiger partial charge in [-0.25, -0.2) is 0 Å². The van der Waals surface area contributed by atoms with Crippen LogP contribution in [0, 0.1) is 5.92 Å². The topological polar surface area (TPSA) is 45.4 Å². The second-order valence-corrected chi connectivity index (χ2v) is 5.94. The van der Waals surface area contributed by atoms with E-state index in [2.05, 4.69) is 5.32 Å². The number of furan rings is 1. The van der Waals surface area contributed by atoms with Gasteiger partial charge in [-0.15, -0.1) is 0 Å². The van der Waals surface area contributed by atoms with E-state index in [0.717, 1.165) is 42.3 Å². The Morgan fingerprint density at radius 2 is 2.05 bits per heavy atom. The van der Waals surface area contributed by atoms with Crippen molar-refractivity contribution in [3.63, 3.8) is 0 Å². The molecule has 3 nitrogen and oxygen atoms in total. The van der Waals surface area contributed by atoms with Gasteiger partial charge in [-0.05, 0) is 36.4 Å². The smallest absolute Gasteiger partial charge is 0.199 e. The van der Waals surface area contributed by atoms with E-state index < -0.39 is 0 Å². The first kappa shape index (κ1) is 13.9. The molecule has 1 saturated carbocycles. The van der Waals surface area contributed by atoms with E-state index in [1.54, 1.807) is 0 Å². The summed E-state index contributed by atoms with van der Waals surface area (Å²) < 4.78 is 5.54. The van der Waals surface area contributed by atoms with Crippen LogP contribution in [0.15, 0.2) is 28.7 Å². The number of aliphatic hydroxyl groups excluding tert-OH is 1. The van der Waals surface area contributed by atoms with Crippen LogP contribution < -0.4 is 5.32 Å². The molecule has 2 aromatic rings. The molecule has 0 bridgehead atoms. The third kappa shape index (κ3) is 2.85. The molecule has 0 saturated heterocycles. The molecule has 3 rings (SSSR count). The summed E-state index contributed by atoms with van der Waals surface area (Å²) in [5.74, 6) is 0.362. The van der Waals surface area contributed by atoms with Gasteiger partial charge in [0.05, 0.1) is 6.10 Å². The van der Waals surface area contributed by atoms with Crippen molar-refractivity contribution in [2.45, 2.75) is 38.3 Å². The maximum Gasteiger partial charge on any atom is 0.199 e. The van der Waals surface area contributed by atoms with Gasteiger partial charge in [-0.3, -0.25) is 0 Å². The molecule has 4 heteroatoms. The zero-order chi connectivity index (χ0) is 13.9. The summed E-state index contributed by atoms with van der Waals surface area (Å²) in [5, 5.41) is 14.9. The molecule has 20 heavy (non-hydrogen) atoms. The molecule has 1 aromatic carbocycles. The standard InChI is InChI=1S/C16H20ClNO2/c17-16-13(12-6-2-4-8-15(12)20-16)10-18-9-11-5-1-3-7-14(11)19/h2,4,6,8,11,14,18-19H,1,3,5,7,9-10H2. The second kappa shape index (κ2) is 6.17. The number of para-hydroxylation sites is 1. The van der Waals surface area contributed by atoms with Crippen LogP contribution >= 0.6 is 11.6 Å². The Balaban J connectivity index is 1.63. The van der Waals surface area contributed by atoms with Gasteiger partial charge in [0.2, 0.25) is 0 Å². The number of hydrogen-bond acceptors (Lipinski definition) is 3. The van der Waals surface area contributed by atoms with Crippen molar-refractivity contribution in [3.05, 3.63) is 35.0 Å². The van der Waals surface area contributed by atoms with Gasteiger partial charge in [-0.2, -0.15) is 0 Å². The Hall–Kier alpha value is -1.03. The summed E-state index contributed by atoms with van der Waals surface area (Å²) in [6, 6.07) is 7.88. The van der Waals surface area contributed by atoms with Crippen molar-refractivity contribution in [1.82, 2.24) is 5.32 Å². The molecule has 108 valence electrons. The van der Waals surface area contributed by atoms with Crippen molar-refractivity contribution in [3.8, 4) is 0 Å². The highest BCUT2D eigenvalue weighted by atomic mass is 35.5. The molecule has 0 spiro atoms. The van der Waals surface area contributed by atoms with Crippen LogP contribution in [-0.4, -0.2) is 17.8 Å². The summed E-state index contributed by atoms with van der Waals surface area (Å²) in [5.41, 5.74) is 1.83. The first-order valence-electron chi connectivity index (χ1n) is 7.30. The molecule has 1 aliphatic rings. The van der Waals surface area contributed by atoms with Crippen molar-refractivity contribution in [2.75, 3.05) is 6.54 Å². The number of hydrogen-bond donors (Lipinski definition) is 2. The third-order valence-corrected chi connectivity index (χ3v) is 4.53. The zero-order valence-corrected chi connectivity index (χ0v) is 12.2. The average Bonchev–Trinajstić information content (AvgIpc) is 2.77. The maximum absolute atomic E-state index is 9.97. The molecule has 2 unspecified atom stereocenters. The number of rotatable bonds is 4. The molecule has 2 N–H and O–H groups in total. The summed E-state index contributed by atoms with van der Waals surface area (Å²) >= 11 is 6.16. The Morgan fingerprint density at radius 3 is 2.90 bits per heavy atom. The number of benzene rings is 1. The van der Waals surface area contributed by atoms with Crippen molar-refractivity contribution >= 4 is 22.6 Å². The van der Waals surface area contributed by atoms with E-state index in [1.807, 2.05) is 24.3 Å². The lowest BCUT2D eigenvalue weighted by Crippen LogP contribution is -2.33. The SMILES string of the molecule is OC1CCCCC1CNCc1c(Cl)oc2ccccc12. The van der Waals surface area contributed by atoms with Crippen LogP contribution in [0.1, 0.15) is 31.2 Å². The van der Waals surface area contributed by atoms with Crippen LogP contribution in [0.4, 0.5) is 0 Å². The molecular formula is C16H20ClNO2. The normalized spacial score (nSPS) is 23.3. The first-order chi connectivity index (χ1) is 9.75. The van der Waals surface area contributed by atoms with Gasteiger partial charge in [0.1, 0.15) is 5.58 Å². The van der Waals surface area contributed by atoms with E-state index in [0.29, 0.717) is 17.7 Å². The Morgan fingerprint density at radius 1 is 1.25 bits per heavy atom. The van der Waals surface area contributed by atoms with E-state index in [1.165, 1.54) is 6.42 Å². The monoisotopic (exact) mass is 293 g/mol. The lowest BCUT2D eigenvalue weighted by atomic mass is 9.86. The number of halogens is 1. The quantitative estimate of drug-likeness (QED) is 0.903. The second-order valence-electron chi connectivity index (χ2n) is 5.59. The molecule has 0 amide bonds. The number of aliphatic hydroxyl groups is 1. The van der Waals surface area contributed by atoms with Crippen LogP contribution in [0.5, 0.6) is 0 Å². The molecule has 1 aromatic heterocycles. The van der Waals surface area contributed by atoms with E-state index in [-0.39, 0.29) is 6.10 Å². The fourth-order valence-electron chi connectivity index (χ4n) is 3.04. The third-order valence-electron chi connectivity index (χ3n) is 4.23. The Labute approximate surface area is 123 Å². The molecule has 1 fully saturated rings. The van der Waals surface area contributed by atoms with E-state index in [9.17, 15) is 5.11 Å². The number of fused-ring (bicyclic) bond motifs is 1. The van der Waals surface area contributed by atoms with Crippen LogP contribution in [0.25, 0.3) is 11.0 Å². The molecular weight excluding hydrogens is 274 g/mol. The molecule has 2 atom stereocenters. The van der Waals surface area contributed by atoms with Gasteiger partial charge in [0, 0.05) is 24.0 Å². The van der Waals surface area contributed by atoms with Crippen LogP contribution in [-0.2, 0) is 6.54 Å². The predicted molar refractivity (Wildman–Crippen MR) is 80.9 cm³/mol. The minimum absolute atomic E-state index is 0.159. The highest BCUT2D eigenvalue weighted by molar-refractivity contribution is 6.30. The lowest BCUT2D eigenvalue weighted by Gasteiger charge is -2.27. The molecule has 0 radical (unpaired) electrons. The Kier molecular flexibility index (Phi) is 4.29. The van der Waals surface area contributed by atoms with Crippen molar-refractivity contribution in [1.29, 1.82) is 0 Å². The molecule has 0 aliphatic heterocycles. The first-order valence-corrected chi connectivity index (χ1v) is 7.68. The summed E-state index contributed by atoms with van der Waals surface area (Å²) in [7, 11) is 0. The van der Waals surface area contributed by atoms with Gasteiger partial charge in [0.15, 0.2) is 5.22 Å². The van der Waals surface area contributed by atoms with Gasteiger partial charge >= 0.3 is 0 Å². The summed E-state index contributed by atoms with van der Waals surface area (Å²) in [6.45, 7) is 1.51. The molecule has 1 heterocycles. The van der Waals surface area contributed by atoms with E-state index in [4.69, 9.17) is 16.0 Å². The fraction of sp³-hybridized carbons (Fsp3) is 0.500. The van der Waals surface area contributed by atoms with E-state index >= 15 is 0 Å². The van der Waals surface area contributed by atoms with Gasteiger partial charge < -0.3 is 14.8 Å². The number of nitrogens with one attached hydrogen (secondary N) is 1. The van der Waals surface area contributed by atoms with Crippen molar-refractivity contribution < 1.29 is 9.52 Å². The highest BCUT2D eigenvalue weighted by Gasteiger charge is 2.22. The summed E-state index contributed by atoms with van der Waals surface area (Å²) in [4.78, 5) is 0. The maximum atomic E-state index is 9.97. The zero-order valence-electron chi connectivity index (χ0n) is 11.4. The minimum atomic E-state index is -0.159.